The van der Waals surface area contributed by atoms with Crippen molar-refractivity contribution in [1.29, 1.82) is 0 Å². The maximum atomic E-state index is 12.4. The molecule has 2 heterocycles. The summed E-state index contributed by atoms with van der Waals surface area (Å²) in [4.78, 5) is 28.5. The van der Waals surface area contributed by atoms with E-state index in [0.717, 1.165) is 12.8 Å². The van der Waals surface area contributed by atoms with Gasteiger partial charge in [0.2, 0.25) is 0 Å². The first-order valence-electron chi connectivity index (χ1n) is 6.32. The maximum absolute atomic E-state index is 12.4. The van der Waals surface area contributed by atoms with Crippen LogP contribution in [0.2, 0.25) is 0 Å². The Balaban J connectivity index is 2.14. The van der Waals surface area contributed by atoms with Gasteiger partial charge in [0.15, 0.2) is 0 Å². The van der Waals surface area contributed by atoms with E-state index in [4.69, 9.17) is 0 Å². The lowest BCUT2D eigenvalue weighted by Gasteiger charge is -2.14. The van der Waals surface area contributed by atoms with Crippen molar-refractivity contribution in [2.45, 2.75) is 12.8 Å². The second-order valence-corrected chi connectivity index (χ2v) is 4.73. The van der Waals surface area contributed by atoms with Crippen molar-refractivity contribution >= 4 is 22.8 Å². The summed E-state index contributed by atoms with van der Waals surface area (Å²) in [6.07, 6.45) is 1.96. The molecule has 0 bridgehead atoms. The molecule has 3 rings (SSSR count). The minimum absolute atomic E-state index is 0.0764. The fraction of sp³-hybridized carbons (Fsp3) is 0.286. The van der Waals surface area contributed by atoms with Gasteiger partial charge in [0, 0.05) is 24.0 Å². The number of para-hydroxylation sites is 1. The Kier molecular flexibility index (Phi) is 2.74. The highest BCUT2D eigenvalue weighted by atomic mass is 16.4. The SMILES string of the molecule is O=C(O)c1c(C(=O)N2CCCC2)[nH]c2ccccc12. The van der Waals surface area contributed by atoms with E-state index in [2.05, 4.69) is 4.98 Å². The van der Waals surface area contributed by atoms with Gasteiger partial charge in [-0.05, 0) is 18.9 Å². The summed E-state index contributed by atoms with van der Waals surface area (Å²) in [6.45, 7) is 1.40. The number of benzene rings is 1. The zero-order valence-corrected chi connectivity index (χ0v) is 10.3. The number of carboxylic acids is 1. The number of H-pyrrole nitrogens is 1. The first-order valence-corrected chi connectivity index (χ1v) is 6.32. The van der Waals surface area contributed by atoms with Crippen molar-refractivity contribution in [3.8, 4) is 0 Å². The molecule has 1 saturated heterocycles. The van der Waals surface area contributed by atoms with Gasteiger partial charge in [-0.15, -0.1) is 0 Å². The van der Waals surface area contributed by atoms with E-state index in [1.54, 1.807) is 23.1 Å². The molecule has 0 radical (unpaired) electrons. The number of nitrogens with one attached hydrogen (secondary N) is 1. The van der Waals surface area contributed by atoms with Gasteiger partial charge in [0.05, 0.1) is 5.56 Å². The predicted octanol–water partition coefficient (Wildman–Crippen LogP) is 2.10. The number of carbonyl (C=O) groups excluding carboxylic acids is 1. The van der Waals surface area contributed by atoms with Gasteiger partial charge in [-0.2, -0.15) is 0 Å². The van der Waals surface area contributed by atoms with Gasteiger partial charge >= 0.3 is 5.97 Å². The highest BCUT2D eigenvalue weighted by Gasteiger charge is 2.27. The molecule has 98 valence electrons. The van der Waals surface area contributed by atoms with Crippen molar-refractivity contribution in [3.05, 3.63) is 35.5 Å². The number of aromatic amines is 1. The third-order valence-corrected chi connectivity index (χ3v) is 3.53. The number of likely N-dealkylation sites (tertiary alicyclic amines) is 1. The number of carboxylic acid groups (broad SMARTS) is 1. The van der Waals surface area contributed by atoms with Crippen LogP contribution in [0, 0.1) is 0 Å². The van der Waals surface area contributed by atoms with E-state index >= 15 is 0 Å². The van der Waals surface area contributed by atoms with Crippen LogP contribution in [0.25, 0.3) is 10.9 Å². The summed E-state index contributed by atoms with van der Waals surface area (Å²) in [7, 11) is 0. The molecule has 0 aliphatic carbocycles. The molecule has 0 saturated carbocycles. The first kappa shape index (κ1) is 11.8. The van der Waals surface area contributed by atoms with Gasteiger partial charge in [-0.25, -0.2) is 4.79 Å². The van der Waals surface area contributed by atoms with Crippen LogP contribution in [0.4, 0.5) is 0 Å². The van der Waals surface area contributed by atoms with Crippen LogP contribution >= 0.6 is 0 Å². The number of aromatic nitrogens is 1. The largest absolute Gasteiger partial charge is 0.478 e. The summed E-state index contributed by atoms with van der Waals surface area (Å²) in [5.74, 6) is -1.29. The molecular formula is C14H14N2O3. The fourth-order valence-electron chi connectivity index (χ4n) is 2.60. The van der Waals surface area contributed by atoms with Gasteiger partial charge in [-0.1, -0.05) is 18.2 Å². The molecular weight excluding hydrogens is 244 g/mol. The molecule has 19 heavy (non-hydrogen) atoms. The molecule has 1 aliphatic rings. The lowest BCUT2D eigenvalue weighted by molar-refractivity contribution is 0.0682. The van der Waals surface area contributed by atoms with Crippen molar-refractivity contribution < 1.29 is 14.7 Å². The summed E-state index contributed by atoms with van der Waals surface area (Å²) in [5, 5.41) is 9.93. The Bertz CT molecular complexity index is 654. The van der Waals surface area contributed by atoms with Crippen LogP contribution in [0.1, 0.15) is 33.7 Å². The van der Waals surface area contributed by atoms with Crippen LogP contribution in [0.5, 0.6) is 0 Å². The number of hydrogen-bond acceptors (Lipinski definition) is 2. The molecule has 5 heteroatoms. The smallest absolute Gasteiger partial charge is 0.338 e. The van der Waals surface area contributed by atoms with Gasteiger partial charge in [0.1, 0.15) is 5.69 Å². The fourth-order valence-corrected chi connectivity index (χ4v) is 2.60. The molecule has 1 amide bonds. The second kappa shape index (κ2) is 4.42. The van der Waals surface area contributed by atoms with Crippen LogP contribution < -0.4 is 0 Å². The van der Waals surface area contributed by atoms with Crippen LogP contribution in [0.15, 0.2) is 24.3 Å². The Morgan fingerprint density at radius 1 is 1.16 bits per heavy atom. The van der Waals surface area contributed by atoms with Crippen molar-refractivity contribution in [3.63, 3.8) is 0 Å². The number of nitrogens with zero attached hydrogens (tertiary/aromatic N) is 1. The standard InChI is InChI=1S/C14H14N2O3/c17-13(16-7-3-4-8-16)12-11(14(18)19)9-5-1-2-6-10(9)15-12/h1-2,5-6,15H,3-4,7-8H2,(H,18,19). The summed E-state index contributed by atoms with van der Waals surface area (Å²) < 4.78 is 0. The summed E-state index contributed by atoms with van der Waals surface area (Å²) >= 11 is 0. The minimum atomic E-state index is -1.07. The molecule has 0 unspecified atom stereocenters. The number of rotatable bonds is 2. The molecule has 0 spiro atoms. The highest BCUT2D eigenvalue weighted by Crippen LogP contribution is 2.24. The van der Waals surface area contributed by atoms with Crippen molar-refractivity contribution in [1.82, 2.24) is 9.88 Å². The monoisotopic (exact) mass is 258 g/mol. The molecule has 1 aromatic heterocycles. The minimum Gasteiger partial charge on any atom is -0.478 e. The van der Waals surface area contributed by atoms with E-state index in [1.807, 2.05) is 6.07 Å². The molecule has 1 aliphatic heterocycles. The van der Waals surface area contributed by atoms with Gasteiger partial charge < -0.3 is 15.0 Å². The third-order valence-electron chi connectivity index (χ3n) is 3.53. The Morgan fingerprint density at radius 2 is 1.84 bits per heavy atom. The Labute approximate surface area is 109 Å². The third kappa shape index (κ3) is 1.87. The quantitative estimate of drug-likeness (QED) is 0.866. The first-order chi connectivity index (χ1) is 9.18. The number of carbonyl (C=O) groups is 2. The van der Waals surface area contributed by atoms with E-state index in [-0.39, 0.29) is 17.2 Å². The summed E-state index contributed by atoms with van der Waals surface area (Å²) in [6, 6.07) is 7.08. The van der Waals surface area contributed by atoms with E-state index in [1.165, 1.54) is 0 Å². The lowest BCUT2D eigenvalue weighted by atomic mass is 10.1. The average molecular weight is 258 g/mol. The predicted molar refractivity (Wildman–Crippen MR) is 70.4 cm³/mol. The number of hydrogen-bond donors (Lipinski definition) is 2. The number of fused-ring (bicyclic) bond motifs is 1. The molecule has 1 aromatic carbocycles. The number of aromatic carboxylic acids is 1. The Morgan fingerprint density at radius 3 is 2.53 bits per heavy atom. The van der Waals surface area contributed by atoms with E-state index in [0.29, 0.717) is 24.0 Å². The van der Waals surface area contributed by atoms with Crippen molar-refractivity contribution in [2.75, 3.05) is 13.1 Å². The second-order valence-electron chi connectivity index (χ2n) is 4.73. The van der Waals surface area contributed by atoms with Crippen molar-refractivity contribution in [2.24, 2.45) is 0 Å². The summed E-state index contributed by atoms with van der Waals surface area (Å²) in [5.41, 5.74) is 0.950. The average Bonchev–Trinajstić information content (AvgIpc) is 3.04. The normalized spacial score (nSPS) is 15.1. The molecule has 0 atom stereocenters. The van der Waals surface area contributed by atoms with Gasteiger partial charge in [0.25, 0.3) is 5.91 Å². The lowest BCUT2D eigenvalue weighted by Crippen LogP contribution is -2.29. The van der Waals surface area contributed by atoms with Crippen LogP contribution in [-0.4, -0.2) is 40.0 Å². The molecule has 2 aromatic rings. The van der Waals surface area contributed by atoms with E-state index < -0.39 is 5.97 Å². The molecule has 1 fully saturated rings. The molecule has 2 N–H and O–H groups in total. The highest BCUT2D eigenvalue weighted by molar-refractivity contribution is 6.13. The zero-order chi connectivity index (χ0) is 13.4. The van der Waals surface area contributed by atoms with Gasteiger partial charge in [-0.3, -0.25) is 4.79 Å². The van der Waals surface area contributed by atoms with Crippen LogP contribution in [0.3, 0.4) is 0 Å². The maximum Gasteiger partial charge on any atom is 0.338 e. The number of amides is 1. The van der Waals surface area contributed by atoms with E-state index in [9.17, 15) is 14.7 Å². The molecule has 5 nitrogen and oxygen atoms in total. The topological polar surface area (TPSA) is 73.4 Å². The van der Waals surface area contributed by atoms with Crippen LogP contribution in [-0.2, 0) is 0 Å². The Hall–Kier alpha value is -2.30. The zero-order valence-electron chi connectivity index (χ0n) is 10.3.